The first-order valence-corrected chi connectivity index (χ1v) is 5.79. The second-order valence-corrected chi connectivity index (χ2v) is 4.06. The van der Waals surface area contributed by atoms with E-state index in [2.05, 4.69) is 5.10 Å². The van der Waals surface area contributed by atoms with Crippen molar-refractivity contribution in [3.8, 4) is 11.3 Å². The third-order valence-corrected chi connectivity index (χ3v) is 2.64. The van der Waals surface area contributed by atoms with Crippen molar-refractivity contribution in [2.24, 2.45) is 0 Å². The predicted molar refractivity (Wildman–Crippen MR) is 64.8 cm³/mol. The van der Waals surface area contributed by atoms with Gasteiger partial charge in [-0.2, -0.15) is 5.10 Å². The molecule has 1 N–H and O–H groups in total. The van der Waals surface area contributed by atoms with Crippen LogP contribution < -0.4 is 0 Å². The molecule has 6 heteroatoms. The summed E-state index contributed by atoms with van der Waals surface area (Å²) < 4.78 is 28.8. The van der Waals surface area contributed by atoms with E-state index in [0.29, 0.717) is 6.54 Å². The van der Waals surface area contributed by atoms with Crippen LogP contribution in [-0.2, 0) is 6.54 Å². The minimum Gasteiger partial charge on any atom is -0.478 e. The fourth-order valence-corrected chi connectivity index (χ4v) is 1.83. The Labute approximate surface area is 108 Å². The number of aromatic nitrogens is 2. The summed E-state index contributed by atoms with van der Waals surface area (Å²) in [4.78, 5) is 11.1. The first kappa shape index (κ1) is 13.2. The van der Waals surface area contributed by atoms with Crippen LogP contribution in [0.15, 0.2) is 24.4 Å². The highest BCUT2D eigenvalue weighted by Gasteiger charge is 2.22. The highest BCUT2D eigenvalue weighted by molar-refractivity contribution is 5.94. The Morgan fingerprint density at radius 3 is 2.53 bits per heavy atom. The number of carboxylic acids is 1. The molecule has 4 nitrogen and oxygen atoms in total. The van der Waals surface area contributed by atoms with Crippen molar-refractivity contribution in [1.82, 2.24) is 9.78 Å². The SMILES string of the molecule is CCCn1cc(C(=O)O)c(-c2c(F)cccc2F)n1. The van der Waals surface area contributed by atoms with E-state index in [0.717, 1.165) is 18.6 Å². The van der Waals surface area contributed by atoms with Crippen LogP contribution in [-0.4, -0.2) is 20.9 Å². The molecule has 0 spiro atoms. The van der Waals surface area contributed by atoms with E-state index < -0.39 is 23.2 Å². The lowest BCUT2D eigenvalue weighted by molar-refractivity contribution is 0.0697. The van der Waals surface area contributed by atoms with Gasteiger partial charge in [-0.3, -0.25) is 4.68 Å². The van der Waals surface area contributed by atoms with E-state index >= 15 is 0 Å². The molecule has 0 atom stereocenters. The van der Waals surface area contributed by atoms with E-state index in [1.54, 1.807) is 0 Å². The summed E-state index contributed by atoms with van der Waals surface area (Å²) in [5.41, 5.74) is -0.802. The maximum atomic E-state index is 13.7. The van der Waals surface area contributed by atoms with Gasteiger partial charge in [-0.1, -0.05) is 13.0 Å². The quantitative estimate of drug-likeness (QED) is 0.925. The van der Waals surface area contributed by atoms with Crippen molar-refractivity contribution in [3.63, 3.8) is 0 Å². The standard InChI is InChI=1S/C13H12F2N2O2/c1-2-6-17-7-8(13(18)19)12(16-17)11-9(14)4-3-5-10(11)15/h3-5,7H,2,6H2,1H3,(H,18,19). The van der Waals surface area contributed by atoms with Gasteiger partial charge in [-0.05, 0) is 18.6 Å². The molecule has 0 saturated carbocycles. The van der Waals surface area contributed by atoms with Gasteiger partial charge in [0.1, 0.15) is 22.9 Å². The second-order valence-electron chi connectivity index (χ2n) is 4.06. The highest BCUT2D eigenvalue weighted by Crippen LogP contribution is 2.27. The number of aromatic carboxylic acids is 1. The third-order valence-electron chi connectivity index (χ3n) is 2.64. The molecule has 1 heterocycles. The zero-order valence-electron chi connectivity index (χ0n) is 10.2. The van der Waals surface area contributed by atoms with Gasteiger partial charge in [-0.25, -0.2) is 13.6 Å². The van der Waals surface area contributed by atoms with Crippen LogP contribution in [0, 0.1) is 11.6 Å². The average Bonchev–Trinajstić information content (AvgIpc) is 2.73. The molecule has 2 rings (SSSR count). The van der Waals surface area contributed by atoms with Crippen LogP contribution in [0.1, 0.15) is 23.7 Å². The summed E-state index contributed by atoms with van der Waals surface area (Å²) in [6.07, 6.45) is 2.02. The molecule has 0 fully saturated rings. The van der Waals surface area contributed by atoms with Crippen molar-refractivity contribution in [2.45, 2.75) is 19.9 Å². The number of nitrogens with zero attached hydrogens (tertiary/aromatic N) is 2. The molecule has 0 amide bonds. The molecular weight excluding hydrogens is 254 g/mol. The van der Waals surface area contributed by atoms with Gasteiger partial charge in [0.25, 0.3) is 0 Å². The number of hydrogen-bond acceptors (Lipinski definition) is 2. The summed E-state index contributed by atoms with van der Waals surface area (Å²) in [5, 5.41) is 13.1. The maximum Gasteiger partial charge on any atom is 0.339 e. The number of hydrogen-bond donors (Lipinski definition) is 1. The van der Waals surface area contributed by atoms with Gasteiger partial charge in [0.05, 0.1) is 5.56 Å². The number of aryl methyl sites for hydroxylation is 1. The van der Waals surface area contributed by atoms with Crippen LogP contribution in [0.5, 0.6) is 0 Å². The van der Waals surface area contributed by atoms with E-state index in [-0.39, 0.29) is 11.3 Å². The van der Waals surface area contributed by atoms with Crippen LogP contribution in [0.4, 0.5) is 8.78 Å². The van der Waals surface area contributed by atoms with Gasteiger partial charge in [0.2, 0.25) is 0 Å². The molecule has 0 aliphatic carbocycles. The van der Waals surface area contributed by atoms with Crippen molar-refractivity contribution in [2.75, 3.05) is 0 Å². The van der Waals surface area contributed by atoms with Crippen LogP contribution in [0.2, 0.25) is 0 Å². The average molecular weight is 266 g/mol. The Morgan fingerprint density at radius 1 is 1.37 bits per heavy atom. The normalized spacial score (nSPS) is 10.7. The molecular formula is C13H12F2N2O2. The smallest absolute Gasteiger partial charge is 0.339 e. The summed E-state index contributed by atoms with van der Waals surface area (Å²) in [6.45, 7) is 2.38. The molecule has 0 saturated heterocycles. The first-order chi connectivity index (χ1) is 9.04. The zero-order chi connectivity index (χ0) is 14.0. The van der Waals surface area contributed by atoms with Crippen molar-refractivity contribution in [3.05, 3.63) is 41.6 Å². The first-order valence-electron chi connectivity index (χ1n) is 5.79. The van der Waals surface area contributed by atoms with Crippen LogP contribution in [0.25, 0.3) is 11.3 Å². The molecule has 0 bridgehead atoms. The van der Waals surface area contributed by atoms with Crippen LogP contribution in [0.3, 0.4) is 0 Å². The lowest BCUT2D eigenvalue weighted by Crippen LogP contribution is -1.99. The molecule has 1 aromatic heterocycles. The van der Waals surface area contributed by atoms with Gasteiger partial charge in [-0.15, -0.1) is 0 Å². The number of carboxylic acid groups (broad SMARTS) is 1. The summed E-state index contributed by atoms with van der Waals surface area (Å²) in [6, 6.07) is 3.36. The van der Waals surface area contributed by atoms with Gasteiger partial charge in [0.15, 0.2) is 0 Å². The molecule has 19 heavy (non-hydrogen) atoms. The Hall–Kier alpha value is -2.24. The number of carbonyl (C=O) groups is 1. The van der Waals surface area contributed by atoms with Crippen LogP contribution >= 0.6 is 0 Å². The number of halogens is 2. The fourth-order valence-electron chi connectivity index (χ4n) is 1.83. The topological polar surface area (TPSA) is 55.1 Å². The van der Waals surface area contributed by atoms with E-state index in [1.807, 2.05) is 6.92 Å². The van der Waals surface area contributed by atoms with Gasteiger partial charge in [0, 0.05) is 12.7 Å². The Bertz CT molecular complexity index is 603. The summed E-state index contributed by atoms with van der Waals surface area (Å²) in [7, 11) is 0. The number of benzene rings is 1. The zero-order valence-corrected chi connectivity index (χ0v) is 10.2. The minimum atomic E-state index is -1.26. The molecule has 1 aromatic carbocycles. The van der Waals surface area contributed by atoms with E-state index in [1.165, 1.54) is 16.9 Å². The lowest BCUT2D eigenvalue weighted by Gasteiger charge is -2.02. The lowest BCUT2D eigenvalue weighted by atomic mass is 10.1. The van der Waals surface area contributed by atoms with Crippen molar-refractivity contribution < 1.29 is 18.7 Å². The van der Waals surface area contributed by atoms with Crippen molar-refractivity contribution in [1.29, 1.82) is 0 Å². The van der Waals surface area contributed by atoms with Gasteiger partial charge >= 0.3 is 5.97 Å². The Balaban J connectivity index is 2.63. The largest absolute Gasteiger partial charge is 0.478 e. The van der Waals surface area contributed by atoms with E-state index in [9.17, 15) is 13.6 Å². The highest BCUT2D eigenvalue weighted by atomic mass is 19.1. The minimum absolute atomic E-state index is 0.184. The fraction of sp³-hybridized carbons (Fsp3) is 0.231. The molecule has 0 aliphatic rings. The molecule has 2 aromatic rings. The van der Waals surface area contributed by atoms with Crippen molar-refractivity contribution >= 4 is 5.97 Å². The Morgan fingerprint density at radius 2 is 2.00 bits per heavy atom. The summed E-state index contributed by atoms with van der Waals surface area (Å²) >= 11 is 0. The summed E-state index contributed by atoms with van der Waals surface area (Å²) in [5.74, 6) is -2.92. The van der Waals surface area contributed by atoms with E-state index in [4.69, 9.17) is 5.11 Å². The molecule has 100 valence electrons. The third kappa shape index (κ3) is 2.47. The Kier molecular flexibility index (Phi) is 3.59. The number of rotatable bonds is 4. The molecule has 0 unspecified atom stereocenters. The van der Waals surface area contributed by atoms with Gasteiger partial charge < -0.3 is 5.11 Å². The second kappa shape index (κ2) is 5.17. The predicted octanol–water partition coefficient (Wildman–Crippen LogP) is 2.94. The molecule has 0 radical (unpaired) electrons. The molecule has 0 aliphatic heterocycles. The monoisotopic (exact) mass is 266 g/mol. The maximum absolute atomic E-state index is 13.7.